The maximum Gasteiger partial charge on any atom is 0.174 e. The zero-order valence-corrected chi connectivity index (χ0v) is 16.7. The average molecular weight is 389 g/mol. The molecule has 1 aliphatic rings. The Balaban J connectivity index is 1.83. The van der Waals surface area contributed by atoms with Gasteiger partial charge in [-0.25, -0.2) is 8.42 Å². The number of aryl methyl sites for hydroxylation is 2. The van der Waals surface area contributed by atoms with E-state index in [1.54, 1.807) is 0 Å². The Morgan fingerprint density at radius 3 is 2.38 bits per heavy atom. The predicted molar refractivity (Wildman–Crippen MR) is 111 cm³/mol. The molecule has 1 heterocycles. The lowest BCUT2D eigenvalue weighted by Crippen LogP contribution is -2.43. The van der Waals surface area contributed by atoms with Crippen LogP contribution in [0.4, 0.5) is 5.69 Å². The van der Waals surface area contributed by atoms with Crippen molar-refractivity contribution in [1.82, 2.24) is 4.90 Å². The van der Waals surface area contributed by atoms with Crippen LogP contribution in [0.5, 0.6) is 0 Å². The first kappa shape index (κ1) is 18.9. The van der Waals surface area contributed by atoms with Gasteiger partial charge in [0.1, 0.15) is 0 Å². The standard InChI is InChI=1S/C20H24N2O2S2/c1-15-10-16(2)12-18(11-15)21-20(25)22(13-17-6-4-3-5-7-17)19-8-9-26(23,24)14-19/h3-7,10-12,19H,8-9,13-14H2,1-2H3,(H,21,25)/t19-/m1/s1. The number of benzene rings is 2. The van der Waals surface area contributed by atoms with Gasteiger partial charge in [0.15, 0.2) is 14.9 Å². The number of hydrogen-bond acceptors (Lipinski definition) is 3. The summed E-state index contributed by atoms with van der Waals surface area (Å²) in [5, 5.41) is 3.88. The second-order valence-electron chi connectivity index (χ2n) is 6.98. The van der Waals surface area contributed by atoms with Crippen molar-refractivity contribution in [1.29, 1.82) is 0 Å². The molecular formula is C20H24N2O2S2. The molecule has 1 N–H and O–H groups in total. The minimum Gasteiger partial charge on any atom is -0.341 e. The molecule has 0 spiro atoms. The summed E-state index contributed by atoms with van der Waals surface area (Å²) < 4.78 is 24.0. The minimum absolute atomic E-state index is 0.0916. The van der Waals surface area contributed by atoms with Gasteiger partial charge in [-0.2, -0.15) is 0 Å². The van der Waals surface area contributed by atoms with Crippen LogP contribution < -0.4 is 5.32 Å². The zero-order valence-electron chi connectivity index (χ0n) is 15.1. The number of hydrogen-bond donors (Lipinski definition) is 1. The molecule has 0 bridgehead atoms. The highest BCUT2D eigenvalue weighted by Crippen LogP contribution is 2.22. The summed E-state index contributed by atoms with van der Waals surface area (Å²) in [6.45, 7) is 4.69. The quantitative estimate of drug-likeness (QED) is 0.810. The Kier molecular flexibility index (Phi) is 5.63. The van der Waals surface area contributed by atoms with Crippen molar-refractivity contribution in [2.75, 3.05) is 16.8 Å². The molecular weight excluding hydrogens is 364 g/mol. The maximum absolute atomic E-state index is 12.0. The van der Waals surface area contributed by atoms with E-state index in [2.05, 4.69) is 11.4 Å². The fraction of sp³-hybridized carbons (Fsp3) is 0.350. The van der Waals surface area contributed by atoms with Crippen LogP contribution in [0, 0.1) is 13.8 Å². The Bertz CT molecular complexity index is 875. The number of anilines is 1. The fourth-order valence-electron chi connectivity index (χ4n) is 3.41. The Labute approximate surface area is 161 Å². The van der Waals surface area contributed by atoms with Gasteiger partial charge in [0, 0.05) is 18.3 Å². The van der Waals surface area contributed by atoms with Crippen LogP contribution in [-0.4, -0.2) is 36.0 Å². The van der Waals surface area contributed by atoms with Gasteiger partial charge in [0.2, 0.25) is 0 Å². The summed E-state index contributed by atoms with van der Waals surface area (Å²) in [7, 11) is -2.98. The van der Waals surface area contributed by atoms with E-state index in [-0.39, 0.29) is 17.5 Å². The SMILES string of the molecule is Cc1cc(C)cc(NC(=S)N(Cc2ccccc2)[C@@H]2CCS(=O)(=O)C2)c1. The van der Waals surface area contributed by atoms with Crippen molar-refractivity contribution < 1.29 is 8.42 Å². The van der Waals surface area contributed by atoms with Gasteiger partial charge in [0.25, 0.3) is 0 Å². The summed E-state index contributed by atoms with van der Waals surface area (Å²) in [6, 6.07) is 16.1. The predicted octanol–water partition coefficient (Wildman–Crippen LogP) is 3.69. The van der Waals surface area contributed by atoms with Gasteiger partial charge in [-0.05, 0) is 61.3 Å². The van der Waals surface area contributed by atoms with Crippen molar-refractivity contribution in [3.8, 4) is 0 Å². The summed E-state index contributed by atoms with van der Waals surface area (Å²) in [5.74, 6) is 0.392. The summed E-state index contributed by atoms with van der Waals surface area (Å²) >= 11 is 5.67. The Hall–Kier alpha value is -1.92. The van der Waals surface area contributed by atoms with Crippen LogP contribution in [-0.2, 0) is 16.4 Å². The molecule has 1 atom stereocenters. The molecule has 1 saturated heterocycles. The highest BCUT2D eigenvalue weighted by atomic mass is 32.2. The lowest BCUT2D eigenvalue weighted by molar-refractivity contribution is 0.332. The summed E-state index contributed by atoms with van der Waals surface area (Å²) in [6.07, 6.45) is 0.615. The zero-order chi connectivity index (χ0) is 18.7. The van der Waals surface area contributed by atoms with E-state index in [0.717, 1.165) is 22.4 Å². The molecule has 1 aliphatic heterocycles. The van der Waals surface area contributed by atoms with E-state index in [4.69, 9.17) is 12.2 Å². The van der Waals surface area contributed by atoms with Crippen LogP contribution in [0.1, 0.15) is 23.1 Å². The highest BCUT2D eigenvalue weighted by Gasteiger charge is 2.33. The van der Waals surface area contributed by atoms with E-state index in [9.17, 15) is 8.42 Å². The molecule has 2 aromatic rings. The van der Waals surface area contributed by atoms with Gasteiger partial charge >= 0.3 is 0 Å². The molecule has 0 unspecified atom stereocenters. The van der Waals surface area contributed by atoms with Gasteiger partial charge in [-0.3, -0.25) is 0 Å². The van der Waals surface area contributed by atoms with Crippen molar-refractivity contribution in [3.63, 3.8) is 0 Å². The number of thiocarbonyl (C=S) groups is 1. The Morgan fingerprint density at radius 2 is 1.81 bits per heavy atom. The molecule has 0 aromatic heterocycles. The number of nitrogens with one attached hydrogen (secondary N) is 1. The molecule has 6 heteroatoms. The van der Waals surface area contributed by atoms with Crippen LogP contribution in [0.15, 0.2) is 48.5 Å². The van der Waals surface area contributed by atoms with Crippen LogP contribution >= 0.6 is 12.2 Å². The molecule has 0 aliphatic carbocycles. The molecule has 4 nitrogen and oxygen atoms in total. The molecule has 0 amide bonds. The van der Waals surface area contributed by atoms with Crippen molar-refractivity contribution in [2.24, 2.45) is 0 Å². The van der Waals surface area contributed by atoms with Crippen molar-refractivity contribution >= 4 is 32.9 Å². The normalized spacial score (nSPS) is 18.5. The fourth-order valence-corrected chi connectivity index (χ4v) is 5.47. The van der Waals surface area contributed by atoms with Gasteiger partial charge in [-0.1, -0.05) is 36.4 Å². The average Bonchev–Trinajstić information content (AvgIpc) is 2.92. The first-order valence-corrected chi connectivity index (χ1v) is 11.0. The maximum atomic E-state index is 12.0. The number of rotatable bonds is 4. The third-order valence-corrected chi connectivity index (χ3v) is 6.67. The first-order valence-electron chi connectivity index (χ1n) is 8.73. The van der Waals surface area contributed by atoms with Crippen LogP contribution in [0.2, 0.25) is 0 Å². The molecule has 2 aromatic carbocycles. The molecule has 138 valence electrons. The van der Waals surface area contributed by atoms with Gasteiger partial charge < -0.3 is 10.2 Å². The topological polar surface area (TPSA) is 49.4 Å². The molecule has 0 radical (unpaired) electrons. The second-order valence-corrected chi connectivity index (χ2v) is 9.59. The second kappa shape index (κ2) is 7.76. The van der Waals surface area contributed by atoms with Gasteiger partial charge in [0.05, 0.1) is 11.5 Å². The minimum atomic E-state index is -2.98. The largest absolute Gasteiger partial charge is 0.341 e. The highest BCUT2D eigenvalue weighted by molar-refractivity contribution is 7.91. The lowest BCUT2D eigenvalue weighted by Gasteiger charge is -2.31. The van der Waals surface area contributed by atoms with Crippen molar-refractivity contribution in [3.05, 3.63) is 65.2 Å². The van der Waals surface area contributed by atoms with Crippen LogP contribution in [0.25, 0.3) is 0 Å². The van der Waals surface area contributed by atoms with E-state index in [0.29, 0.717) is 18.1 Å². The monoisotopic (exact) mass is 388 g/mol. The van der Waals surface area contributed by atoms with E-state index >= 15 is 0 Å². The molecule has 1 fully saturated rings. The lowest BCUT2D eigenvalue weighted by atomic mass is 10.1. The third-order valence-electron chi connectivity index (χ3n) is 4.58. The van der Waals surface area contributed by atoms with Crippen molar-refractivity contribution in [2.45, 2.75) is 32.9 Å². The molecule has 26 heavy (non-hydrogen) atoms. The smallest absolute Gasteiger partial charge is 0.174 e. The molecule has 0 saturated carbocycles. The van der Waals surface area contributed by atoms with E-state index < -0.39 is 9.84 Å². The number of nitrogens with zero attached hydrogens (tertiary/aromatic N) is 1. The van der Waals surface area contributed by atoms with E-state index in [1.807, 2.05) is 61.2 Å². The third kappa shape index (κ3) is 4.83. The first-order chi connectivity index (χ1) is 12.3. The number of sulfone groups is 1. The molecule has 3 rings (SSSR count). The summed E-state index contributed by atoms with van der Waals surface area (Å²) in [4.78, 5) is 2.02. The van der Waals surface area contributed by atoms with Gasteiger partial charge in [-0.15, -0.1) is 0 Å². The Morgan fingerprint density at radius 1 is 1.15 bits per heavy atom. The summed E-state index contributed by atoms with van der Waals surface area (Å²) in [5.41, 5.74) is 4.37. The van der Waals surface area contributed by atoms with Crippen LogP contribution in [0.3, 0.4) is 0 Å². The van der Waals surface area contributed by atoms with E-state index in [1.165, 1.54) is 0 Å².